The number of benzene rings is 2. The molecule has 0 atom stereocenters. The Balaban J connectivity index is 1.54. The average Bonchev–Trinajstić information content (AvgIpc) is 2.73. The highest BCUT2D eigenvalue weighted by Gasteiger charge is 2.18. The number of ether oxygens (including phenoxy) is 2. The summed E-state index contributed by atoms with van der Waals surface area (Å²) in [6.07, 6.45) is 2.79. The Kier molecular flexibility index (Phi) is 6.71. The van der Waals surface area contributed by atoms with Crippen molar-refractivity contribution in [3.8, 4) is 11.5 Å². The van der Waals surface area contributed by atoms with Crippen LogP contribution in [0.25, 0.3) is 0 Å². The Bertz CT molecular complexity index is 843. The summed E-state index contributed by atoms with van der Waals surface area (Å²) in [5.74, 6) is 1.31. The second kappa shape index (κ2) is 9.42. The molecule has 0 radical (unpaired) electrons. The zero-order chi connectivity index (χ0) is 19.9. The number of aryl methyl sites for hydroxylation is 1. The van der Waals surface area contributed by atoms with E-state index in [2.05, 4.69) is 41.4 Å². The predicted molar refractivity (Wildman–Crippen MR) is 111 cm³/mol. The van der Waals surface area contributed by atoms with Gasteiger partial charge >= 0.3 is 0 Å². The molecule has 2 aromatic rings. The SMILES string of the molecule is COc1cccc(CNC(=O)C2=CCN(Cc3ccc(C)cc3)CC2)c1OC. The fourth-order valence-corrected chi connectivity index (χ4v) is 3.39. The van der Waals surface area contributed by atoms with Gasteiger partial charge in [-0.1, -0.05) is 48.0 Å². The summed E-state index contributed by atoms with van der Waals surface area (Å²) < 4.78 is 10.7. The molecule has 1 N–H and O–H groups in total. The van der Waals surface area contributed by atoms with Gasteiger partial charge in [0.2, 0.25) is 5.91 Å². The lowest BCUT2D eigenvalue weighted by Gasteiger charge is -2.26. The van der Waals surface area contributed by atoms with Crippen molar-refractivity contribution in [2.24, 2.45) is 0 Å². The summed E-state index contributed by atoms with van der Waals surface area (Å²) in [6, 6.07) is 14.3. The van der Waals surface area contributed by atoms with Crippen molar-refractivity contribution in [2.75, 3.05) is 27.3 Å². The molecule has 1 amide bonds. The number of methoxy groups -OCH3 is 2. The second-order valence-corrected chi connectivity index (χ2v) is 7.04. The van der Waals surface area contributed by atoms with Crippen LogP contribution >= 0.6 is 0 Å². The van der Waals surface area contributed by atoms with E-state index in [0.717, 1.165) is 37.2 Å². The first-order valence-electron chi connectivity index (χ1n) is 9.55. The summed E-state index contributed by atoms with van der Waals surface area (Å²) >= 11 is 0. The first-order valence-corrected chi connectivity index (χ1v) is 9.55. The van der Waals surface area contributed by atoms with Crippen LogP contribution in [0, 0.1) is 6.92 Å². The third-order valence-corrected chi connectivity index (χ3v) is 5.04. The Hall–Kier alpha value is -2.79. The molecule has 1 aliphatic heterocycles. The fourth-order valence-electron chi connectivity index (χ4n) is 3.39. The van der Waals surface area contributed by atoms with Gasteiger partial charge in [-0.05, 0) is 25.0 Å². The summed E-state index contributed by atoms with van der Waals surface area (Å²) in [4.78, 5) is 14.9. The largest absolute Gasteiger partial charge is 0.493 e. The number of hydrogen-bond donors (Lipinski definition) is 1. The molecule has 5 nitrogen and oxygen atoms in total. The standard InChI is InChI=1S/C23H28N2O3/c1-17-7-9-18(10-8-17)16-25-13-11-19(12-14-25)23(26)24-15-20-5-4-6-21(27-2)22(20)28-3/h4-11H,12-16H2,1-3H3,(H,24,26). The smallest absolute Gasteiger partial charge is 0.247 e. The van der Waals surface area contributed by atoms with Gasteiger partial charge in [0, 0.05) is 37.3 Å². The zero-order valence-corrected chi connectivity index (χ0v) is 16.8. The number of nitrogens with one attached hydrogen (secondary N) is 1. The molecule has 5 heteroatoms. The minimum absolute atomic E-state index is 0.0140. The van der Waals surface area contributed by atoms with Gasteiger partial charge < -0.3 is 14.8 Å². The average molecular weight is 380 g/mol. The summed E-state index contributed by atoms with van der Waals surface area (Å²) in [5.41, 5.74) is 4.32. The zero-order valence-electron chi connectivity index (χ0n) is 16.8. The van der Waals surface area contributed by atoms with Crippen LogP contribution in [-0.4, -0.2) is 38.1 Å². The van der Waals surface area contributed by atoms with Crippen LogP contribution in [0.1, 0.15) is 23.1 Å². The van der Waals surface area contributed by atoms with Crippen molar-refractivity contribution in [3.05, 3.63) is 70.8 Å². The minimum Gasteiger partial charge on any atom is -0.493 e. The van der Waals surface area contributed by atoms with Crippen molar-refractivity contribution in [2.45, 2.75) is 26.4 Å². The van der Waals surface area contributed by atoms with Crippen molar-refractivity contribution < 1.29 is 14.3 Å². The van der Waals surface area contributed by atoms with Crippen LogP contribution in [-0.2, 0) is 17.9 Å². The van der Waals surface area contributed by atoms with Crippen LogP contribution in [0.4, 0.5) is 0 Å². The third kappa shape index (κ3) is 4.93. The molecule has 0 aromatic heterocycles. The summed E-state index contributed by atoms with van der Waals surface area (Å²) in [6.45, 7) is 5.09. The van der Waals surface area contributed by atoms with Crippen LogP contribution in [0.15, 0.2) is 54.1 Å². The quantitative estimate of drug-likeness (QED) is 0.799. The molecule has 0 saturated carbocycles. The maximum Gasteiger partial charge on any atom is 0.247 e. The molecule has 28 heavy (non-hydrogen) atoms. The Morgan fingerprint density at radius 2 is 1.89 bits per heavy atom. The fraction of sp³-hybridized carbons (Fsp3) is 0.348. The van der Waals surface area contributed by atoms with Crippen LogP contribution in [0.3, 0.4) is 0 Å². The van der Waals surface area contributed by atoms with Crippen molar-refractivity contribution >= 4 is 5.91 Å². The number of hydrogen-bond acceptors (Lipinski definition) is 4. The number of nitrogens with zero attached hydrogens (tertiary/aromatic N) is 1. The summed E-state index contributed by atoms with van der Waals surface area (Å²) in [7, 11) is 3.21. The van der Waals surface area contributed by atoms with E-state index in [-0.39, 0.29) is 5.91 Å². The number of carbonyl (C=O) groups is 1. The van der Waals surface area contributed by atoms with E-state index >= 15 is 0 Å². The Morgan fingerprint density at radius 1 is 1.11 bits per heavy atom. The molecule has 0 unspecified atom stereocenters. The van der Waals surface area contributed by atoms with Gasteiger partial charge in [-0.15, -0.1) is 0 Å². The normalized spacial score (nSPS) is 14.3. The van der Waals surface area contributed by atoms with Gasteiger partial charge in [0.05, 0.1) is 14.2 Å². The lowest BCUT2D eigenvalue weighted by Crippen LogP contribution is -2.33. The van der Waals surface area contributed by atoms with Crippen LogP contribution in [0.2, 0.25) is 0 Å². The van der Waals surface area contributed by atoms with E-state index in [1.54, 1.807) is 14.2 Å². The molecule has 3 rings (SSSR count). The Morgan fingerprint density at radius 3 is 2.54 bits per heavy atom. The molecule has 0 fully saturated rings. The molecule has 0 saturated heterocycles. The number of carbonyl (C=O) groups excluding carboxylic acids is 1. The van der Waals surface area contributed by atoms with Gasteiger partial charge in [0.25, 0.3) is 0 Å². The highest BCUT2D eigenvalue weighted by Crippen LogP contribution is 2.30. The first kappa shape index (κ1) is 20.0. The van der Waals surface area contributed by atoms with E-state index in [9.17, 15) is 4.79 Å². The maximum absolute atomic E-state index is 12.6. The third-order valence-electron chi connectivity index (χ3n) is 5.04. The molecule has 148 valence electrons. The highest BCUT2D eigenvalue weighted by molar-refractivity contribution is 5.93. The van der Waals surface area contributed by atoms with Crippen LogP contribution in [0.5, 0.6) is 11.5 Å². The molecule has 1 aliphatic rings. The minimum atomic E-state index is -0.0140. The van der Waals surface area contributed by atoms with Crippen LogP contribution < -0.4 is 14.8 Å². The van der Waals surface area contributed by atoms with E-state index in [4.69, 9.17) is 9.47 Å². The number of rotatable bonds is 7. The van der Waals surface area contributed by atoms with Crippen molar-refractivity contribution in [1.82, 2.24) is 10.2 Å². The van der Waals surface area contributed by atoms with Crippen molar-refractivity contribution in [3.63, 3.8) is 0 Å². The molecular formula is C23H28N2O3. The van der Waals surface area contributed by atoms with Gasteiger partial charge in [-0.3, -0.25) is 9.69 Å². The molecule has 1 heterocycles. The second-order valence-electron chi connectivity index (χ2n) is 7.04. The number of para-hydroxylation sites is 1. The molecule has 0 aliphatic carbocycles. The van der Waals surface area contributed by atoms with Gasteiger partial charge in [0.15, 0.2) is 11.5 Å². The highest BCUT2D eigenvalue weighted by atomic mass is 16.5. The van der Waals surface area contributed by atoms with Gasteiger partial charge in [-0.25, -0.2) is 0 Å². The lowest BCUT2D eigenvalue weighted by molar-refractivity contribution is -0.118. The van der Waals surface area contributed by atoms with E-state index < -0.39 is 0 Å². The van der Waals surface area contributed by atoms with Gasteiger partial charge in [0.1, 0.15) is 0 Å². The maximum atomic E-state index is 12.6. The topological polar surface area (TPSA) is 50.8 Å². The molecule has 0 spiro atoms. The molecule has 2 aromatic carbocycles. The lowest BCUT2D eigenvalue weighted by atomic mass is 10.1. The summed E-state index contributed by atoms with van der Waals surface area (Å²) in [5, 5.41) is 3.00. The molecular weight excluding hydrogens is 352 g/mol. The Labute approximate surface area is 167 Å². The molecule has 0 bridgehead atoms. The van der Waals surface area contributed by atoms with Crippen molar-refractivity contribution in [1.29, 1.82) is 0 Å². The number of amides is 1. The van der Waals surface area contributed by atoms with Gasteiger partial charge in [-0.2, -0.15) is 0 Å². The van der Waals surface area contributed by atoms with E-state index in [0.29, 0.717) is 18.0 Å². The van der Waals surface area contributed by atoms with E-state index in [1.165, 1.54) is 11.1 Å². The first-order chi connectivity index (χ1) is 13.6. The predicted octanol–water partition coefficient (Wildman–Crippen LogP) is 3.46. The monoisotopic (exact) mass is 380 g/mol. The van der Waals surface area contributed by atoms with E-state index in [1.807, 2.05) is 24.3 Å².